The van der Waals surface area contributed by atoms with Gasteiger partial charge in [-0.2, -0.15) is 13.2 Å². The number of aromatic amines is 1. The van der Waals surface area contributed by atoms with Crippen molar-refractivity contribution < 1.29 is 22.6 Å². The topological polar surface area (TPSA) is 34.2 Å². The van der Waals surface area contributed by atoms with Gasteiger partial charge in [-0.15, -0.1) is 0 Å². The van der Waals surface area contributed by atoms with Gasteiger partial charge in [0.15, 0.2) is 11.5 Å². The lowest BCUT2D eigenvalue weighted by atomic mass is 10.1. The molecule has 1 aromatic heterocycles. The zero-order chi connectivity index (χ0) is 20.1. The van der Waals surface area contributed by atoms with Gasteiger partial charge in [-0.25, -0.2) is 0 Å². The average Bonchev–Trinajstić information content (AvgIpc) is 3.10. The van der Waals surface area contributed by atoms with Gasteiger partial charge in [0.2, 0.25) is 0 Å². The first-order valence-electron chi connectivity index (χ1n) is 8.49. The Labute approximate surface area is 161 Å². The van der Waals surface area contributed by atoms with Crippen molar-refractivity contribution in [1.82, 2.24) is 4.98 Å². The van der Waals surface area contributed by atoms with Gasteiger partial charge in [0, 0.05) is 23.5 Å². The molecule has 0 spiro atoms. The van der Waals surface area contributed by atoms with E-state index in [4.69, 9.17) is 9.47 Å². The van der Waals surface area contributed by atoms with Crippen molar-refractivity contribution in [2.75, 3.05) is 13.7 Å². The fourth-order valence-corrected chi connectivity index (χ4v) is 2.70. The van der Waals surface area contributed by atoms with Crippen LogP contribution >= 0.6 is 0 Å². The van der Waals surface area contributed by atoms with Gasteiger partial charge in [0.1, 0.15) is 6.61 Å². The van der Waals surface area contributed by atoms with Crippen LogP contribution in [0.4, 0.5) is 13.2 Å². The Morgan fingerprint density at radius 3 is 2.36 bits per heavy atom. The number of benzene rings is 2. The van der Waals surface area contributed by atoms with E-state index in [1.165, 1.54) is 12.1 Å². The Balaban J connectivity index is 1.71. The van der Waals surface area contributed by atoms with Gasteiger partial charge in [-0.1, -0.05) is 17.9 Å². The summed E-state index contributed by atoms with van der Waals surface area (Å²) in [7, 11) is 1.55. The van der Waals surface area contributed by atoms with Crippen LogP contribution in [0.2, 0.25) is 0 Å². The van der Waals surface area contributed by atoms with Crippen molar-refractivity contribution in [3.05, 3.63) is 71.5 Å². The number of H-pyrrole nitrogens is 1. The molecule has 0 aliphatic heterocycles. The van der Waals surface area contributed by atoms with Crippen molar-refractivity contribution in [3.8, 4) is 34.5 Å². The van der Waals surface area contributed by atoms with Gasteiger partial charge in [0.25, 0.3) is 0 Å². The van der Waals surface area contributed by atoms with Crippen LogP contribution in [0, 0.1) is 18.8 Å². The molecule has 0 aliphatic rings. The number of nitrogens with one attached hydrogen (secondary N) is 1. The number of aryl methyl sites for hydroxylation is 1. The first-order valence-corrected chi connectivity index (χ1v) is 8.49. The highest BCUT2D eigenvalue weighted by atomic mass is 19.4. The summed E-state index contributed by atoms with van der Waals surface area (Å²) < 4.78 is 48.8. The fraction of sp³-hybridized carbons (Fsp3) is 0.182. The normalized spacial score (nSPS) is 10.9. The Bertz CT molecular complexity index is 1010. The second-order valence-corrected chi connectivity index (χ2v) is 6.08. The van der Waals surface area contributed by atoms with Gasteiger partial charge in [0.05, 0.1) is 12.7 Å². The van der Waals surface area contributed by atoms with E-state index in [9.17, 15) is 13.2 Å². The predicted molar refractivity (Wildman–Crippen MR) is 101 cm³/mol. The predicted octanol–water partition coefficient (Wildman–Crippen LogP) is 5.45. The minimum Gasteiger partial charge on any atom is -0.493 e. The first kappa shape index (κ1) is 19.4. The summed E-state index contributed by atoms with van der Waals surface area (Å²) in [6.45, 7) is 2.08. The monoisotopic (exact) mass is 385 g/mol. The average molecular weight is 385 g/mol. The van der Waals surface area contributed by atoms with Crippen LogP contribution in [0.5, 0.6) is 11.5 Å². The molecule has 2 aromatic carbocycles. The van der Waals surface area contributed by atoms with Crippen molar-refractivity contribution in [2.24, 2.45) is 0 Å². The minimum atomic E-state index is -4.35. The van der Waals surface area contributed by atoms with Crippen LogP contribution in [0.15, 0.2) is 54.9 Å². The molecule has 0 aliphatic carbocycles. The molecule has 0 saturated heterocycles. The first-order chi connectivity index (χ1) is 13.4. The lowest BCUT2D eigenvalue weighted by molar-refractivity contribution is -0.137. The third kappa shape index (κ3) is 4.49. The smallest absolute Gasteiger partial charge is 0.416 e. The quantitative estimate of drug-likeness (QED) is 0.606. The molecule has 0 unspecified atom stereocenters. The largest absolute Gasteiger partial charge is 0.493 e. The number of rotatable bonds is 4. The van der Waals surface area contributed by atoms with Gasteiger partial charge in [-0.05, 0) is 54.4 Å². The zero-order valence-electron chi connectivity index (χ0n) is 15.4. The number of hydrogen-bond acceptors (Lipinski definition) is 2. The molecule has 0 bridgehead atoms. The zero-order valence-corrected chi connectivity index (χ0v) is 15.4. The van der Waals surface area contributed by atoms with Crippen LogP contribution in [0.3, 0.4) is 0 Å². The third-order valence-corrected chi connectivity index (χ3v) is 4.17. The summed E-state index contributed by atoms with van der Waals surface area (Å²) in [6, 6.07) is 10.3. The maximum absolute atomic E-state index is 12.6. The molecule has 3 rings (SSSR count). The Morgan fingerprint density at radius 1 is 1.00 bits per heavy atom. The van der Waals surface area contributed by atoms with Crippen LogP contribution < -0.4 is 9.47 Å². The third-order valence-electron chi connectivity index (χ3n) is 4.17. The van der Waals surface area contributed by atoms with E-state index in [-0.39, 0.29) is 6.61 Å². The Morgan fingerprint density at radius 2 is 1.75 bits per heavy atom. The molecule has 0 amide bonds. The highest BCUT2D eigenvalue weighted by Crippen LogP contribution is 2.33. The number of methoxy groups -OCH3 is 1. The Kier molecular flexibility index (Phi) is 5.65. The van der Waals surface area contributed by atoms with Crippen molar-refractivity contribution >= 4 is 0 Å². The summed E-state index contributed by atoms with van der Waals surface area (Å²) in [5.74, 6) is 6.73. The van der Waals surface area contributed by atoms with Crippen LogP contribution in [0.25, 0.3) is 11.1 Å². The summed E-state index contributed by atoms with van der Waals surface area (Å²) in [4.78, 5) is 3.06. The van der Waals surface area contributed by atoms with Crippen LogP contribution in [-0.2, 0) is 6.18 Å². The molecule has 0 radical (unpaired) electrons. The fourth-order valence-electron chi connectivity index (χ4n) is 2.70. The molecule has 0 saturated carbocycles. The lowest BCUT2D eigenvalue weighted by Crippen LogP contribution is -2.04. The summed E-state index contributed by atoms with van der Waals surface area (Å²) in [5, 5.41) is 0. The highest BCUT2D eigenvalue weighted by molar-refractivity contribution is 5.69. The number of ether oxygens (including phenoxy) is 2. The van der Waals surface area contributed by atoms with E-state index in [0.29, 0.717) is 17.1 Å². The number of halogens is 3. The molecule has 144 valence electrons. The second-order valence-electron chi connectivity index (χ2n) is 6.08. The van der Waals surface area contributed by atoms with Crippen molar-refractivity contribution in [3.63, 3.8) is 0 Å². The molecule has 3 aromatic rings. The molecular formula is C22H18F3NO2. The number of hydrogen-bond donors (Lipinski definition) is 1. The standard InChI is InChI=1S/C22H18F3NO2/c1-15-13-26-14-19(15)17-7-10-20(27-2)21(12-17)28-11-3-4-16-5-8-18(9-6-16)22(23,24)25/h5-10,12-14,26H,11H2,1-2H3. The maximum atomic E-state index is 12.6. The van der Waals surface area contributed by atoms with E-state index >= 15 is 0 Å². The SMILES string of the molecule is COc1ccc(-c2c[nH]cc2C)cc1OCC#Cc1ccc(C(F)(F)F)cc1. The van der Waals surface area contributed by atoms with Gasteiger partial charge < -0.3 is 14.5 Å². The Hall–Kier alpha value is -3.33. The van der Waals surface area contributed by atoms with Crippen molar-refractivity contribution in [1.29, 1.82) is 0 Å². The van der Waals surface area contributed by atoms with Gasteiger partial charge >= 0.3 is 6.18 Å². The summed E-state index contributed by atoms with van der Waals surface area (Å²) >= 11 is 0. The summed E-state index contributed by atoms with van der Waals surface area (Å²) in [5.41, 5.74) is 2.93. The lowest BCUT2D eigenvalue weighted by Gasteiger charge is -2.10. The summed E-state index contributed by atoms with van der Waals surface area (Å²) in [6.07, 6.45) is -0.532. The van der Waals surface area contributed by atoms with Crippen LogP contribution in [-0.4, -0.2) is 18.7 Å². The molecule has 3 nitrogen and oxygen atoms in total. The molecule has 1 heterocycles. The molecular weight excluding hydrogens is 367 g/mol. The molecule has 6 heteroatoms. The van der Waals surface area contributed by atoms with E-state index in [1.54, 1.807) is 7.11 Å². The van der Waals surface area contributed by atoms with E-state index in [1.807, 2.05) is 37.5 Å². The second kappa shape index (κ2) is 8.13. The number of alkyl halides is 3. The molecule has 1 N–H and O–H groups in total. The van der Waals surface area contributed by atoms with Crippen LogP contribution in [0.1, 0.15) is 16.7 Å². The van der Waals surface area contributed by atoms with E-state index in [2.05, 4.69) is 16.8 Å². The molecule has 0 fully saturated rings. The van der Waals surface area contributed by atoms with E-state index < -0.39 is 11.7 Å². The molecule has 0 atom stereocenters. The van der Waals surface area contributed by atoms with Gasteiger partial charge in [-0.3, -0.25) is 0 Å². The number of aromatic nitrogens is 1. The highest BCUT2D eigenvalue weighted by Gasteiger charge is 2.29. The molecule has 28 heavy (non-hydrogen) atoms. The van der Waals surface area contributed by atoms with E-state index in [0.717, 1.165) is 28.8 Å². The maximum Gasteiger partial charge on any atom is 0.416 e. The minimum absolute atomic E-state index is 0.0763. The van der Waals surface area contributed by atoms with Crippen molar-refractivity contribution in [2.45, 2.75) is 13.1 Å².